The molecule has 7 aliphatic rings. The van der Waals surface area contributed by atoms with Gasteiger partial charge in [0.1, 0.15) is 77.6 Å². The third kappa shape index (κ3) is 19.5. The molecule has 1 spiro atoms. The largest absolute Gasteiger partial charge is 0.422 e. The first-order valence-corrected chi connectivity index (χ1v) is 39.4. The van der Waals surface area contributed by atoms with Crippen molar-refractivity contribution >= 4 is 70.9 Å². The van der Waals surface area contributed by atoms with Gasteiger partial charge in [0, 0.05) is 94.0 Å². The zero-order chi connectivity index (χ0) is 80.4. The van der Waals surface area contributed by atoms with Gasteiger partial charge in [-0.15, -0.1) is 0 Å². The molecule has 25 nitrogen and oxygen atoms in total. The van der Waals surface area contributed by atoms with Crippen LogP contribution in [-0.2, 0) is 81.3 Å². The van der Waals surface area contributed by atoms with Crippen molar-refractivity contribution in [3.63, 3.8) is 0 Å². The van der Waals surface area contributed by atoms with Gasteiger partial charge in [-0.1, -0.05) is 88.4 Å². The molecule has 2 N–H and O–H groups in total. The second-order valence-corrected chi connectivity index (χ2v) is 31.5. The minimum atomic E-state index is -5.41. The Morgan fingerprint density at radius 1 is 0.645 bits per heavy atom. The van der Waals surface area contributed by atoms with Gasteiger partial charge in [-0.05, 0) is 145 Å². The summed E-state index contributed by atoms with van der Waals surface area (Å²) in [6.45, 7) is 8.21. The number of amides is 12. The molecule has 2 bridgehead atoms. The molecule has 0 radical (unpaired) electrons. The fourth-order valence-electron chi connectivity index (χ4n) is 16.8. The lowest BCUT2D eigenvalue weighted by Gasteiger charge is -2.51. The first kappa shape index (κ1) is 85.4. The quantitative estimate of drug-likeness (QED) is 0.150. The standard InChI is InChI=1S/C80H113F5N12O13/c1-12-24-59-70(101)87-68(50(5)13-2)76(107)96(54-33-34-54)48-66(100)90(8)60-27-17-15-22-40-95(75(60)106)62(43-51-30-28-49(4)29-31-51)72(103)88(6)47-64(98)86-58(35-32-52-41-56(81)67(57(82)42-52)80(83,84)85)71(102)97-46-55(110-14-3)44-63(97)73(104)93(11)79(36-23-37-79)78(109)92(10)69(53-25-18-19-26-53)77(108)91(9)61(45-65(99)89(59)7)74(105)94-38-20-16-21-39-94/h15,17,28-31,41-42,50,53-55,58-63,68-69H,12-14,16,18-27,32-40,43-48H2,1-11H3,(H,86,98)(H,87,101)/b17-15-/t50-,55+,58-,59-,60-,61-,62-,63-,68-,69-/m0/s1. The number of benzene rings is 2. The second-order valence-electron chi connectivity index (χ2n) is 31.5. The number of rotatable bonds is 14. The molecular formula is C80H113F5N12O13. The molecule has 30 heteroatoms. The summed E-state index contributed by atoms with van der Waals surface area (Å²) in [4.78, 5) is 198. The monoisotopic (exact) mass is 1540 g/mol. The van der Waals surface area contributed by atoms with Crippen LogP contribution in [-0.4, -0.2) is 274 Å². The minimum absolute atomic E-state index is 0.0153. The number of nitrogens with zero attached hydrogens (tertiary/aromatic N) is 10. The van der Waals surface area contributed by atoms with E-state index in [0.29, 0.717) is 101 Å². The molecule has 3 saturated heterocycles. The van der Waals surface area contributed by atoms with Crippen LogP contribution >= 0.6 is 0 Å². The van der Waals surface area contributed by atoms with Crippen LogP contribution in [0.3, 0.4) is 0 Å². The van der Waals surface area contributed by atoms with E-state index >= 15 is 61.5 Å². The number of halogens is 5. The van der Waals surface area contributed by atoms with E-state index in [9.17, 15) is 18.0 Å². The Hall–Kier alpha value is -8.57. The summed E-state index contributed by atoms with van der Waals surface area (Å²) < 4.78 is 78.4. The number of aryl methyl sites for hydroxylation is 2. The summed E-state index contributed by atoms with van der Waals surface area (Å²) in [6.07, 6.45) is 2.95. The van der Waals surface area contributed by atoms with Gasteiger partial charge in [0.15, 0.2) is 0 Å². The third-order valence-corrected chi connectivity index (χ3v) is 24.0. The van der Waals surface area contributed by atoms with Crippen LogP contribution in [0.15, 0.2) is 48.6 Å². The Bertz CT molecular complexity index is 3710. The number of carbonyl (C=O) groups is 12. The molecule has 2 aromatic rings. The zero-order valence-corrected chi connectivity index (χ0v) is 65.7. The van der Waals surface area contributed by atoms with E-state index in [1.54, 1.807) is 37.0 Å². The average Bonchev–Trinajstić information content (AvgIpc) is 1.29. The molecule has 4 aliphatic heterocycles. The predicted octanol–water partition coefficient (Wildman–Crippen LogP) is 6.58. The normalized spacial score (nSPS) is 27.3. The van der Waals surface area contributed by atoms with Crippen LogP contribution in [0.4, 0.5) is 22.0 Å². The number of alkyl halides is 3. The van der Waals surface area contributed by atoms with E-state index in [1.165, 1.54) is 76.6 Å². The first-order chi connectivity index (χ1) is 52.2. The molecular weight excluding hydrogens is 1430 g/mol. The van der Waals surface area contributed by atoms with E-state index in [-0.39, 0.29) is 70.2 Å². The van der Waals surface area contributed by atoms with Crippen molar-refractivity contribution in [2.45, 2.75) is 248 Å². The van der Waals surface area contributed by atoms with Crippen molar-refractivity contribution in [3.05, 3.63) is 82.4 Å². The van der Waals surface area contributed by atoms with Crippen LogP contribution in [0.5, 0.6) is 0 Å². The number of hydrogen-bond acceptors (Lipinski definition) is 13. The lowest BCUT2D eigenvalue weighted by molar-refractivity contribution is -0.166. The molecule has 12 amide bonds. The van der Waals surface area contributed by atoms with Gasteiger partial charge < -0.3 is 64.4 Å². The number of ether oxygens (including phenoxy) is 1. The fourth-order valence-corrected chi connectivity index (χ4v) is 16.8. The average molecular weight is 1550 g/mol. The van der Waals surface area contributed by atoms with Gasteiger partial charge in [-0.3, -0.25) is 57.5 Å². The van der Waals surface area contributed by atoms with E-state index in [1.807, 2.05) is 39.0 Å². The van der Waals surface area contributed by atoms with Crippen molar-refractivity contribution in [2.75, 3.05) is 88.2 Å². The van der Waals surface area contributed by atoms with E-state index in [4.69, 9.17) is 4.74 Å². The van der Waals surface area contributed by atoms with Crippen LogP contribution in [0.25, 0.3) is 0 Å². The molecule has 9 rings (SSSR count). The first-order valence-electron chi connectivity index (χ1n) is 39.4. The van der Waals surface area contributed by atoms with Crippen molar-refractivity contribution in [3.8, 4) is 0 Å². The Balaban J connectivity index is 1.14. The summed E-state index contributed by atoms with van der Waals surface area (Å²) in [5.74, 6) is -13.2. The van der Waals surface area contributed by atoms with Gasteiger partial charge in [0.05, 0.1) is 19.1 Å². The molecule has 3 saturated carbocycles. The second kappa shape index (κ2) is 37.2. The molecule has 606 valence electrons. The highest BCUT2D eigenvalue weighted by Crippen LogP contribution is 2.43. The maximum Gasteiger partial charge on any atom is 0.422 e. The van der Waals surface area contributed by atoms with Crippen molar-refractivity contribution in [1.29, 1.82) is 0 Å². The smallest absolute Gasteiger partial charge is 0.377 e. The highest BCUT2D eigenvalue weighted by Gasteiger charge is 2.57. The van der Waals surface area contributed by atoms with Gasteiger partial charge >= 0.3 is 6.18 Å². The van der Waals surface area contributed by atoms with E-state index in [0.717, 1.165) is 21.8 Å². The Morgan fingerprint density at radius 2 is 1.30 bits per heavy atom. The lowest BCUT2D eigenvalue weighted by atomic mass is 9.73. The van der Waals surface area contributed by atoms with Crippen molar-refractivity contribution in [2.24, 2.45) is 11.8 Å². The predicted molar refractivity (Wildman–Crippen MR) is 397 cm³/mol. The molecule has 0 unspecified atom stereocenters. The third-order valence-electron chi connectivity index (χ3n) is 24.0. The fraction of sp³-hybridized carbons (Fsp3) is 0.675. The number of fused-ring (bicyclic) bond motifs is 3. The topological polar surface area (TPSA) is 271 Å². The number of piperidine rings is 1. The molecule has 110 heavy (non-hydrogen) atoms. The zero-order valence-electron chi connectivity index (χ0n) is 65.7. The number of likely N-dealkylation sites (N-methyl/N-ethyl adjacent to an activating group) is 6. The van der Waals surface area contributed by atoms with Crippen LogP contribution in [0.1, 0.15) is 178 Å². The summed E-state index contributed by atoms with van der Waals surface area (Å²) >= 11 is 0. The highest BCUT2D eigenvalue weighted by molar-refractivity contribution is 6.01. The summed E-state index contributed by atoms with van der Waals surface area (Å²) in [5, 5.41) is 5.65. The summed E-state index contributed by atoms with van der Waals surface area (Å²) in [6, 6.07) is -3.10. The van der Waals surface area contributed by atoms with Crippen molar-refractivity contribution < 1.29 is 84.2 Å². The summed E-state index contributed by atoms with van der Waals surface area (Å²) in [7, 11) is 8.50. The number of nitrogens with one attached hydrogen (secondary N) is 2. The van der Waals surface area contributed by atoms with Crippen LogP contribution in [0.2, 0.25) is 0 Å². The molecule has 0 aromatic heterocycles. The number of hydrogen-bond donors (Lipinski definition) is 2. The van der Waals surface area contributed by atoms with Gasteiger partial charge in [-0.25, -0.2) is 8.78 Å². The number of likely N-dealkylation sites (tertiary alicyclic amines) is 1. The summed E-state index contributed by atoms with van der Waals surface area (Å²) in [5.41, 5.74) is -2.58. The van der Waals surface area contributed by atoms with Gasteiger partial charge in [0.25, 0.3) is 0 Å². The number of carbonyl (C=O) groups excluding carboxylic acids is 12. The lowest BCUT2D eigenvalue weighted by Crippen LogP contribution is -2.68. The molecule has 2 aromatic carbocycles. The maximum atomic E-state index is 15.9. The van der Waals surface area contributed by atoms with Crippen LogP contribution in [0, 0.1) is 30.4 Å². The highest BCUT2D eigenvalue weighted by atomic mass is 19.4. The van der Waals surface area contributed by atoms with Gasteiger partial charge in [0.2, 0.25) is 70.9 Å². The molecule has 6 fully saturated rings. The SMILES string of the molecule is CCC[C@H]1C(=O)N[C@@H]([C@@H](C)CC)C(=O)N(C2CC2)CC(=O)N(C)[C@H]2C/C=C\CCN(C2=O)[C@@H](Cc2ccc(C)cc2)C(=O)N(C)CC(=O)N[C@@H](CCc2cc(F)c(C(F)(F)F)c(F)c2)C(=O)N2C[C@H](OCC)C[C@H]2C(=O)N(C)C2(CCC2)C(=O)N(C)[C@@H](C2CCCC2)C(=O)N(C)[C@H](C(=O)N2CCCCC2)CC(=O)N1C. The molecule has 10 atom stereocenters. The van der Waals surface area contributed by atoms with Gasteiger partial charge in [-0.2, -0.15) is 13.2 Å². The van der Waals surface area contributed by atoms with Crippen molar-refractivity contribution in [1.82, 2.24) is 59.6 Å². The van der Waals surface area contributed by atoms with E-state index < -0.39 is 204 Å². The Labute approximate surface area is 642 Å². The molecule has 3 aliphatic carbocycles. The Kier molecular flexibility index (Phi) is 28.9. The van der Waals surface area contributed by atoms with E-state index in [2.05, 4.69) is 10.6 Å². The van der Waals surface area contributed by atoms with Crippen LogP contribution < -0.4 is 10.6 Å². The maximum absolute atomic E-state index is 15.9. The Morgan fingerprint density at radius 3 is 1.89 bits per heavy atom. The minimum Gasteiger partial charge on any atom is -0.377 e. The molecule has 4 heterocycles.